The van der Waals surface area contributed by atoms with E-state index in [0.29, 0.717) is 5.76 Å². The Morgan fingerprint density at radius 1 is 1.60 bits per heavy atom. The van der Waals surface area contributed by atoms with Gasteiger partial charge in [-0.15, -0.1) is 0 Å². The third-order valence-corrected chi connectivity index (χ3v) is 1.31. The molecule has 0 saturated heterocycles. The maximum absolute atomic E-state index is 8.19. The predicted octanol–water partition coefficient (Wildman–Crippen LogP) is 2.73. The summed E-state index contributed by atoms with van der Waals surface area (Å²) < 4.78 is 0. The van der Waals surface area contributed by atoms with E-state index in [0.717, 1.165) is 25.7 Å². The molecular weight excluding hydrogens is 128 g/mol. The molecule has 58 valence electrons. The van der Waals surface area contributed by atoms with Crippen LogP contribution in [0.25, 0.3) is 0 Å². The van der Waals surface area contributed by atoms with Crippen LogP contribution in [-0.2, 0) is 4.89 Å². The minimum Gasteiger partial charge on any atom is -0.336 e. The van der Waals surface area contributed by atoms with Crippen LogP contribution in [0.4, 0.5) is 0 Å². The summed E-state index contributed by atoms with van der Waals surface area (Å²) in [6.45, 7) is 5.49. The Bertz CT molecular complexity index is 123. The van der Waals surface area contributed by atoms with E-state index in [4.69, 9.17) is 5.26 Å². The molecule has 0 aliphatic rings. The maximum atomic E-state index is 8.19. The summed E-state index contributed by atoms with van der Waals surface area (Å²) in [5.41, 5.74) is 2.51. The van der Waals surface area contributed by atoms with Gasteiger partial charge < -0.3 is 4.89 Å². The van der Waals surface area contributed by atoms with Gasteiger partial charge in [0.15, 0.2) is 5.76 Å². The fraction of sp³-hybridized carbons (Fsp3) is 0.625. The molecule has 0 radical (unpaired) electrons. The monoisotopic (exact) mass is 142 g/mol. The van der Waals surface area contributed by atoms with E-state index in [1.807, 2.05) is 0 Å². The molecular formula is C8H14O2. The highest BCUT2D eigenvalue weighted by Crippen LogP contribution is 2.06. The predicted molar refractivity (Wildman–Crippen MR) is 40.5 cm³/mol. The fourth-order valence-electron chi connectivity index (χ4n) is 0.702. The molecule has 10 heavy (non-hydrogen) atoms. The Kier molecular flexibility index (Phi) is 5.94. The molecule has 0 heterocycles. The molecule has 0 saturated carbocycles. The first-order valence-electron chi connectivity index (χ1n) is 3.55. The second kappa shape index (κ2) is 6.40. The molecule has 2 nitrogen and oxygen atoms in total. The third kappa shape index (κ3) is 4.19. The van der Waals surface area contributed by atoms with Crippen LogP contribution in [0.2, 0.25) is 0 Å². The highest BCUT2D eigenvalue weighted by molar-refractivity contribution is 4.86. The summed E-state index contributed by atoms with van der Waals surface area (Å²) in [6, 6.07) is 0. The van der Waals surface area contributed by atoms with Crippen molar-refractivity contribution < 1.29 is 10.1 Å². The minimum atomic E-state index is 0.438. The Labute approximate surface area is 61.8 Å². The second-order valence-corrected chi connectivity index (χ2v) is 2.15. The van der Waals surface area contributed by atoms with Gasteiger partial charge in [-0.2, -0.15) is 0 Å². The van der Waals surface area contributed by atoms with Crippen LogP contribution >= 0.6 is 0 Å². The smallest absolute Gasteiger partial charge is 0.183 e. The van der Waals surface area contributed by atoms with Gasteiger partial charge in [0.25, 0.3) is 0 Å². The molecule has 0 atom stereocenters. The molecule has 0 unspecified atom stereocenters. The van der Waals surface area contributed by atoms with Crippen LogP contribution in [0.15, 0.2) is 18.1 Å². The summed E-state index contributed by atoms with van der Waals surface area (Å²) in [5.74, 6) is 0.438. The molecule has 0 rings (SSSR count). The summed E-state index contributed by atoms with van der Waals surface area (Å²) in [6.07, 6.45) is 4.06. The molecule has 0 spiro atoms. The molecule has 0 aromatic rings. The van der Waals surface area contributed by atoms with Crippen LogP contribution in [0, 0.1) is 0 Å². The zero-order chi connectivity index (χ0) is 7.82. The van der Waals surface area contributed by atoms with E-state index in [1.54, 1.807) is 0 Å². The first kappa shape index (κ1) is 9.28. The van der Waals surface area contributed by atoms with Crippen LogP contribution in [0.1, 0.15) is 32.6 Å². The molecule has 2 heteroatoms. The zero-order valence-corrected chi connectivity index (χ0v) is 6.39. The number of rotatable bonds is 5. The largest absolute Gasteiger partial charge is 0.336 e. The van der Waals surface area contributed by atoms with E-state index >= 15 is 0 Å². The molecule has 0 aliphatic heterocycles. The van der Waals surface area contributed by atoms with Gasteiger partial charge in [-0.3, -0.25) is 0 Å². The SMILES string of the molecule is C=C=C(CCCCC)OO. The summed E-state index contributed by atoms with van der Waals surface area (Å²) >= 11 is 0. The van der Waals surface area contributed by atoms with E-state index in [2.05, 4.69) is 24.1 Å². The lowest BCUT2D eigenvalue weighted by Gasteiger charge is -1.97. The molecule has 0 amide bonds. The van der Waals surface area contributed by atoms with Crippen molar-refractivity contribution in [3.05, 3.63) is 18.1 Å². The summed E-state index contributed by atoms with van der Waals surface area (Å²) in [7, 11) is 0. The van der Waals surface area contributed by atoms with E-state index in [-0.39, 0.29) is 0 Å². The average Bonchev–Trinajstić information content (AvgIpc) is 1.99. The first-order valence-corrected chi connectivity index (χ1v) is 3.55. The third-order valence-electron chi connectivity index (χ3n) is 1.31. The quantitative estimate of drug-likeness (QED) is 0.210. The molecule has 0 fully saturated rings. The summed E-state index contributed by atoms with van der Waals surface area (Å²) in [4.78, 5) is 3.99. The molecule has 0 aliphatic carbocycles. The van der Waals surface area contributed by atoms with Gasteiger partial charge in [0, 0.05) is 6.42 Å². The van der Waals surface area contributed by atoms with Gasteiger partial charge in [-0.1, -0.05) is 32.1 Å². The first-order chi connectivity index (χ1) is 4.85. The standard InChI is InChI=1S/C8H14O2/c1-3-5-6-7-8(4-2)10-9/h9H,2-3,5-7H2,1H3. The number of allylic oxidation sites excluding steroid dienone is 1. The van der Waals surface area contributed by atoms with Crippen molar-refractivity contribution in [2.45, 2.75) is 32.6 Å². The van der Waals surface area contributed by atoms with Crippen molar-refractivity contribution >= 4 is 0 Å². The lowest BCUT2D eigenvalue weighted by atomic mass is 10.2. The normalized spacial score (nSPS) is 8.60. The highest BCUT2D eigenvalue weighted by atomic mass is 17.1. The Morgan fingerprint density at radius 2 is 2.30 bits per heavy atom. The average molecular weight is 142 g/mol. The van der Waals surface area contributed by atoms with Crippen LogP contribution in [-0.4, -0.2) is 5.26 Å². The van der Waals surface area contributed by atoms with Crippen molar-refractivity contribution in [2.75, 3.05) is 0 Å². The van der Waals surface area contributed by atoms with Gasteiger partial charge in [0.2, 0.25) is 0 Å². The Morgan fingerprint density at radius 3 is 2.70 bits per heavy atom. The van der Waals surface area contributed by atoms with Crippen LogP contribution in [0.3, 0.4) is 0 Å². The highest BCUT2D eigenvalue weighted by Gasteiger charge is 1.94. The lowest BCUT2D eigenvalue weighted by molar-refractivity contribution is -0.205. The molecule has 0 bridgehead atoms. The van der Waals surface area contributed by atoms with E-state index in [1.165, 1.54) is 0 Å². The van der Waals surface area contributed by atoms with Crippen molar-refractivity contribution in [1.82, 2.24) is 0 Å². The van der Waals surface area contributed by atoms with E-state index in [9.17, 15) is 0 Å². The molecule has 0 aromatic carbocycles. The Hall–Kier alpha value is -0.720. The number of hydrogen-bond donors (Lipinski definition) is 1. The van der Waals surface area contributed by atoms with Crippen LogP contribution in [0.5, 0.6) is 0 Å². The van der Waals surface area contributed by atoms with Gasteiger partial charge >= 0.3 is 0 Å². The summed E-state index contributed by atoms with van der Waals surface area (Å²) in [5, 5.41) is 8.19. The topological polar surface area (TPSA) is 29.5 Å². The van der Waals surface area contributed by atoms with Crippen LogP contribution < -0.4 is 0 Å². The lowest BCUT2D eigenvalue weighted by Crippen LogP contribution is -1.85. The maximum Gasteiger partial charge on any atom is 0.183 e. The van der Waals surface area contributed by atoms with Gasteiger partial charge in [-0.05, 0) is 6.42 Å². The minimum absolute atomic E-state index is 0.438. The van der Waals surface area contributed by atoms with Crippen molar-refractivity contribution in [2.24, 2.45) is 0 Å². The van der Waals surface area contributed by atoms with Gasteiger partial charge in [0.1, 0.15) is 0 Å². The van der Waals surface area contributed by atoms with Gasteiger partial charge in [-0.25, -0.2) is 5.26 Å². The molecule has 0 aromatic heterocycles. The zero-order valence-electron chi connectivity index (χ0n) is 6.39. The number of hydrogen-bond acceptors (Lipinski definition) is 2. The molecule has 1 N–H and O–H groups in total. The van der Waals surface area contributed by atoms with Gasteiger partial charge in [0.05, 0.1) is 0 Å². The van der Waals surface area contributed by atoms with Crippen molar-refractivity contribution in [3.8, 4) is 0 Å². The van der Waals surface area contributed by atoms with Crippen molar-refractivity contribution in [1.29, 1.82) is 0 Å². The fourth-order valence-corrected chi connectivity index (χ4v) is 0.702. The van der Waals surface area contributed by atoms with E-state index < -0.39 is 0 Å². The number of unbranched alkanes of at least 4 members (excludes halogenated alkanes) is 2. The van der Waals surface area contributed by atoms with Crippen molar-refractivity contribution in [3.63, 3.8) is 0 Å². The second-order valence-electron chi connectivity index (χ2n) is 2.15. The Balaban J connectivity index is 3.37.